The van der Waals surface area contributed by atoms with Crippen molar-refractivity contribution in [2.75, 3.05) is 25.3 Å². The van der Waals surface area contributed by atoms with E-state index in [0.717, 1.165) is 17.6 Å². The summed E-state index contributed by atoms with van der Waals surface area (Å²) in [6, 6.07) is 12.9. The van der Waals surface area contributed by atoms with Gasteiger partial charge in [-0.15, -0.1) is 11.3 Å². The second-order valence-corrected chi connectivity index (χ2v) is 9.71. The summed E-state index contributed by atoms with van der Waals surface area (Å²) in [6.45, 7) is -0.382. The first-order valence-electron chi connectivity index (χ1n) is 8.88. The summed E-state index contributed by atoms with van der Waals surface area (Å²) in [6.07, 6.45) is 1.08. The molecule has 31 heavy (non-hydrogen) atoms. The SMILES string of the molecule is COC(=O)c1c(-c2ccccc2Cl)csc1NC(=O)COc1cccc(S(C)(=O)=O)c1. The maximum absolute atomic E-state index is 12.4. The number of ether oxygens (including phenoxy) is 2. The van der Waals surface area contributed by atoms with E-state index in [4.69, 9.17) is 21.1 Å². The van der Waals surface area contributed by atoms with Gasteiger partial charge in [0.05, 0.1) is 12.0 Å². The molecule has 3 rings (SSSR count). The van der Waals surface area contributed by atoms with Crippen LogP contribution < -0.4 is 10.1 Å². The Hall–Kier alpha value is -2.88. The number of benzene rings is 2. The number of carbonyl (C=O) groups is 2. The fraction of sp³-hybridized carbons (Fsp3) is 0.143. The number of carbonyl (C=O) groups excluding carboxylic acids is 2. The fourth-order valence-corrected chi connectivity index (χ4v) is 4.60. The van der Waals surface area contributed by atoms with Crippen LogP contribution in [-0.4, -0.2) is 40.3 Å². The van der Waals surface area contributed by atoms with Crippen LogP contribution in [-0.2, 0) is 19.4 Å². The van der Waals surface area contributed by atoms with Crippen LogP contribution in [0.15, 0.2) is 58.8 Å². The highest BCUT2D eigenvalue weighted by Crippen LogP contribution is 2.39. The summed E-state index contributed by atoms with van der Waals surface area (Å²) in [4.78, 5) is 24.9. The van der Waals surface area contributed by atoms with Gasteiger partial charge in [-0.3, -0.25) is 4.79 Å². The van der Waals surface area contributed by atoms with Gasteiger partial charge in [-0.2, -0.15) is 0 Å². The van der Waals surface area contributed by atoms with Gasteiger partial charge in [0.2, 0.25) is 0 Å². The number of nitrogens with one attached hydrogen (secondary N) is 1. The smallest absolute Gasteiger partial charge is 0.341 e. The Bertz CT molecular complexity index is 1240. The van der Waals surface area contributed by atoms with Crippen molar-refractivity contribution in [3.05, 3.63) is 64.5 Å². The second kappa shape index (κ2) is 9.51. The number of sulfone groups is 1. The van der Waals surface area contributed by atoms with Crippen molar-refractivity contribution in [2.45, 2.75) is 4.90 Å². The van der Waals surface area contributed by atoms with Gasteiger partial charge in [0, 0.05) is 27.8 Å². The van der Waals surface area contributed by atoms with E-state index in [0.29, 0.717) is 21.2 Å². The van der Waals surface area contributed by atoms with Gasteiger partial charge in [0.25, 0.3) is 5.91 Å². The van der Waals surface area contributed by atoms with E-state index in [9.17, 15) is 18.0 Å². The van der Waals surface area contributed by atoms with E-state index < -0.39 is 21.7 Å². The largest absolute Gasteiger partial charge is 0.484 e. The zero-order chi connectivity index (χ0) is 22.6. The topological polar surface area (TPSA) is 98.8 Å². The summed E-state index contributed by atoms with van der Waals surface area (Å²) in [5.41, 5.74) is 1.36. The van der Waals surface area contributed by atoms with E-state index in [1.165, 1.54) is 25.3 Å². The van der Waals surface area contributed by atoms with Crippen molar-refractivity contribution in [3.63, 3.8) is 0 Å². The highest BCUT2D eigenvalue weighted by molar-refractivity contribution is 7.90. The Morgan fingerprint density at radius 2 is 1.84 bits per heavy atom. The van der Waals surface area contributed by atoms with Gasteiger partial charge < -0.3 is 14.8 Å². The van der Waals surface area contributed by atoms with Crippen LogP contribution >= 0.6 is 22.9 Å². The van der Waals surface area contributed by atoms with E-state index >= 15 is 0 Å². The first-order valence-corrected chi connectivity index (χ1v) is 12.0. The number of methoxy groups -OCH3 is 1. The quantitative estimate of drug-likeness (QED) is 0.508. The van der Waals surface area contributed by atoms with Gasteiger partial charge >= 0.3 is 5.97 Å². The fourth-order valence-electron chi connectivity index (χ4n) is 2.74. The molecule has 0 atom stereocenters. The molecule has 2 aromatic carbocycles. The first kappa shape index (κ1) is 22.8. The Kier molecular flexibility index (Phi) is 6.99. The van der Waals surface area contributed by atoms with Crippen molar-refractivity contribution in [3.8, 4) is 16.9 Å². The molecule has 0 aliphatic carbocycles. The molecule has 10 heteroatoms. The molecule has 1 aromatic heterocycles. The average molecular weight is 480 g/mol. The summed E-state index contributed by atoms with van der Waals surface area (Å²) in [7, 11) is -2.15. The average Bonchev–Trinajstić information content (AvgIpc) is 3.14. The minimum atomic E-state index is -3.40. The van der Waals surface area contributed by atoms with Crippen molar-refractivity contribution in [2.24, 2.45) is 0 Å². The molecular weight excluding hydrogens is 462 g/mol. The third-order valence-electron chi connectivity index (χ3n) is 4.20. The molecule has 0 fully saturated rings. The van der Waals surface area contributed by atoms with Crippen molar-refractivity contribution >= 4 is 49.7 Å². The van der Waals surface area contributed by atoms with E-state index in [-0.39, 0.29) is 22.8 Å². The molecule has 1 amide bonds. The maximum Gasteiger partial charge on any atom is 0.341 e. The highest BCUT2D eigenvalue weighted by Gasteiger charge is 2.23. The zero-order valence-electron chi connectivity index (χ0n) is 16.5. The number of rotatable bonds is 7. The van der Waals surface area contributed by atoms with Crippen LogP contribution in [0.25, 0.3) is 11.1 Å². The summed E-state index contributed by atoms with van der Waals surface area (Å²) in [5.74, 6) is -0.912. The van der Waals surface area contributed by atoms with E-state index in [2.05, 4.69) is 5.32 Å². The lowest BCUT2D eigenvalue weighted by Crippen LogP contribution is -2.21. The Balaban J connectivity index is 1.79. The number of anilines is 1. The first-order chi connectivity index (χ1) is 14.7. The summed E-state index contributed by atoms with van der Waals surface area (Å²) < 4.78 is 33.6. The monoisotopic (exact) mass is 479 g/mol. The van der Waals surface area contributed by atoms with Crippen LogP contribution in [0.1, 0.15) is 10.4 Å². The molecule has 3 aromatic rings. The van der Waals surface area contributed by atoms with Crippen molar-refractivity contribution in [1.29, 1.82) is 0 Å². The minimum Gasteiger partial charge on any atom is -0.484 e. The van der Waals surface area contributed by atoms with Crippen LogP contribution in [0.4, 0.5) is 5.00 Å². The molecule has 0 bridgehead atoms. The molecule has 0 spiro atoms. The molecule has 0 radical (unpaired) electrons. The minimum absolute atomic E-state index is 0.0843. The Labute approximate surface area is 188 Å². The highest BCUT2D eigenvalue weighted by atomic mass is 35.5. The molecule has 0 saturated carbocycles. The molecule has 0 saturated heterocycles. The molecule has 0 aliphatic rings. The maximum atomic E-state index is 12.4. The number of hydrogen-bond donors (Lipinski definition) is 1. The molecule has 0 unspecified atom stereocenters. The van der Waals surface area contributed by atoms with Gasteiger partial charge in [0.1, 0.15) is 16.3 Å². The molecule has 1 heterocycles. The van der Waals surface area contributed by atoms with E-state index in [1.807, 2.05) is 0 Å². The van der Waals surface area contributed by atoms with Crippen LogP contribution in [0.3, 0.4) is 0 Å². The molecular formula is C21H18ClNO6S2. The third kappa shape index (κ3) is 5.43. The van der Waals surface area contributed by atoms with E-state index in [1.54, 1.807) is 35.7 Å². The van der Waals surface area contributed by atoms with Crippen LogP contribution in [0.2, 0.25) is 5.02 Å². The lowest BCUT2D eigenvalue weighted by molar-refractivity contribution is -0.118. The van der Waals surface area contributed by atoms with Crippen LogP contribution in [0.5, 0.6) is 5.75 Å². The van der Waals surface area contributed by atoms with Gasteiger partial charge in [-0.05, 0) is 24.3 Å². The van der Waals surface area contributed by atoms with Crippen LogP contribution in [0, 0.1) is 0 Å². The third-order valence-corrected chi connectivity index (χ3v) is 6.54. The number of thiophene rings is 1. The lowest BCUT2D eigenvalue weighted by atomic mass is 10.0. The number of amides is 1. The summed E-state index contributed by atoms with van der Waals surface area (Å²) in [5, 5.41) is 5.10. The van der Waals surface area contributed by atoms with Gasteiger partial charge in [0.15, 0.2) is 16.4 Å². The van der Waals surface area contributed by atoms with Crippen molar-refractivity contribution in [1.82, 2.24) is 0 Å². The molecule has 0 aliphatic heterocycles. The number of esters is 1. The Morgan fingerprint density at radius 1 is 1.10 bits per heavy atom. The summed E-state index contributed by atoms with van der Waals surface area (Å²) >= 11 is 7.41. The van der Waals surface area contributed by atoms with Gasteiger partial charge in [-0.25, -0.2) is 13.2 Å². The second-order valence-electron chi connectivity index (χ2n) is 6.41. The predicted molar refractivity (Wildman–Crippen MR) is 120 cm³/mol. The van der Waals surface area contributed by atoms with Gasteiger partial charge in [-0.1, -0.05) is 35.9 Å². The predicted octanol–water partition coefficient (Wildman–Crippen LogP) is 4.28. The normalized spacial score (nSPS) is 11.1. The lowest BCUT2D eigenvalue weighted by Gasteiger charge is -2.10. The molecule has 7 nitrogen and oxygen atoms in total. The number of halogens is 1. The Morgan fingerprint density at radius 3 is 2.52 bits per heavy atom. The molecule has 162 valence electrons. The van der Waals surface area contributed by atoms with Crippen molar-refractivity contribution < 1.29 is 27.5 Å². The zero-order valence-corrected chi connectivity index (χ0v) is 18.9. The standard InChI is InChI=1S/C21H18ClNO6S2/c1-28-21(25)19-16(15-8-3-4-9-17(15)22)12-30-20(19)23-18(24)11-29-13-6-5-7-14(10-13)31(2,26)27/h3-10,12H,11H2,1-2H3,(H,23,24). The number of hydrogen-bond acceptors (Lipinski definition) is 7. The molecule has 1 N–H and O–H groups in total.